The van der Waals surface area contributed by atoms with E-state index < -0.39 is 0 Å². The molecule has 2 aromatic rings. The molecule has 0 aliphatic carbocycles. The van der Waals surface area contributed by atoms with E-state index in [9.17, 15) is 0 Å². The molecule has 18 heavy (non-hydrogen) atoms. The van der Waals surface area contributed by atoms with Crippen LogP contribution in [0.3, 0.4) is 0 Å². The Labute approximate surface area is 109 Å². The van der Waals surface area contributed by atoms with Crippen LogP contribution < -0.4 is 10.6 Å². The summed E-state index contributed by atoms with van der Waals surface area (Å²) in [4.78, 5) is 4.46. The summed E-state index contributed by atoms with van der Waals surface area (Å²) >= 11 is 0. The Morgan fingerprint density at radius 1 is 1.11 bits per heavy atom. The minimum atomic E-state index is 0.544. The summed E-state index contributed by atoms with van der Waals surface area (Å²) in [7, 11) is 0. The van der Waals surface area contributed by atoms with Crippen LogP contribution in [0.15, 0.2) is 36.5 Å². The molecule has 1 aromatic heterocycles. The Bertz CT molecular complexity index is 489. The fourth-order valence-electron chi connectivity index (χ4n) is 1.98. The number of benzene rings is 1. The molecular weight excluding hydrogens is 222 g/mol. The molecule has 0 aliphatic heterocycles. The molecule has 3 nitrogen and oxygen atoms in total. The number of nitrogens with zero attached hydrogens (tertiary/aromatic N) is 1. The van der Waals surface area contributed by atoms with Crippen molar-refractivity contribution in [1.29, 1.82) is 0 Å². The SMILES string of the molecule is CC(C)NCCNCc1nccc2ccccc12. The van der Waals surface area contributed by atoms with Gasteiger partial charge in [0, 0.05) is 37.3 Å². The van der Waals surface area contributed by atoms with Gasteiger partial charge in [-0.05, 0) is 11.5 Å². The topological polar surface area (TPSA) is 37.0 Å². The lowest BCUT2D eigenvalue weighted by Crippen LogP contribution is -2.31. The van der Waals surface area contributed by atoms with Gasteiger partial charge in [-0.1, -0.05) is 38.1 Å². The summed E-state index contributed by atoms with van der Waals surface area (Å²) in [5.74, 6) is 0. The Kier molecular flexibility index (Phi) is 4.67. The highest BCUT2D eigenvalue weighted by Crippen LogP contribution is 2.15. The molecule has 0 amide bonds. The highest BCUT2D eigenvalue weighted by molar-refractivity contribution is 5.84. The number of hydrogen-bond donors (Lipinski definition) is 2. The third kappa shape index (κ3) is 3.52. The minimum Gasteiger partial charge on any atom is -0.313 e. The van der Waals surface area contributed by atoms with Crippen molar-refractivity contribution in [3.05, 3.63) is 42.2 Å². The largest absolute Gasteiger partial charge is 0.313 e. The molecule has 0 bridgehead atoms. The van der Waals surface area contributed by atoms with Gasteiger partial charge in [-0.3, -0.25) is 4.98 Å². The fourth-order valence-corrected chi connectivity index (χ4v) is 1.98. The van der Waals surface area contributed by atoms with Gasteiger partial charge < -0.3 is 10.6 Å². The average molecular weight is 243 g/mol. The molecule has 0 saturated carbocycles. The zero-order valence-corrected chi connectivity index (χ0v) is 11.1. The molecule has 3 heteroatoms. The Balaban J connectivity index is 1.91. The molecule has 2 N–H and O–H groups in total. The van der Waals surface area contributed by atoms with E-state index in [0.717, 1.165) is 25.3 Å². The second-order valence-corrected chi connectivity index (χ2v) is 4.76. The smallest absolute Gasteiger partial charge is 0.0619 e. The van der Waals surface area contributed by atoms with Crippen molar-refractivity contribution >= 4 is 10.8 Å². The van der Waals surface area contributed by atoms with Crippen molar-refractivity contribution in [1.82, 2.24) is 15.6 Å². The molecule has 1 heterocycles. The molecule has 0 radical (unpaired) electrons. The number of pyridine rings is 1. The van der Waals surface area contributed by atoms with Crippen LogP contribution in [0, 0.1) is 0 Å². The van der Waals surface area contributed by atoms with E-state index in [1.807, 2.05) is 6.20 Å². The number of hydrogen-bond acceptors (Lipinski definition) is 3. The third-order valence-corrected chi connectivity index (χ3v) is 2.90. The van der Waals surface area contributed by atoms with Gasteiger partial charge in [-0.25, -0.2) is 0 Å². The highest BCUT2D eigenvalue weighted by atomic mass is 15.0. The molecule has 0 fully saturated rings. The third-order valence-electron chi connectivity index (χ3n) is 2.90. The van der Waals surface area contributed by atoms with E-state index in [1.165, 1.54) is 10.8 Å². The quantitative estimate of drug-likeness (QED) is 0.765. The van der Waals surface area contributed by atoms with Crippen molar-refractivity contribution in [3.63, 3.8) is 0 Å². The van der Waals surface area contributed by atoms with Crippen LogP contribution in [0.25, 0.3) is 10.8 Å². The molecule has 2 rings (SSSR count). The van der Waals surface area contributed by atoms with E-state index in [4.69, 9.17) is 0 Å². The molecule has 0 aliphatic rings. The van der Waals surface area contributed by atoms with Crippen LogP contribution in [0.1, 0.15) is 19.5 Å². The van der Waals surface area contributed by atoms with Crippen molar-refractivity contribution in [2.24, 2.45) is 0 Å². The Morgan fingerprint density at radius 2 is 1.94 bits per heavy atom. The molecule has 0 atom stereocenters. The maximum atomic E-state index is 4.46. The van der Waals surface area contributed by atoms with E-state index in [2.05, 4.69) is 59.8 Å². The van der Waals surface area contributed by atoms with Crippen LogP contribution >= 0.6 is 0 Å². The van der Waals surface area contributed by atoms with Gasteiger partial charge in [0.05, 0.1) is 5.69 Å². The maximum absolute atomic E-state index is 4.46. The van der Waals surface area contributed by atoms with E-state index in [-0.39, 0.29) is 0 Å². The molecule has 0 unspecified atom stereocenters. The summed E-state index contributed by atoms with van der Waals surface area (Å²) in [6.45, 7) is 7.09. The van der Waals surface area contributed by atoms with Gasteiger partial charge in [0.25, 0.3) is 0 Å². The first-order chi connectivity index (χ1) is 8.77. The van der Waals surface area contributed by atoms with Crippen LogP contribution in [-0.4, -0.2) is 24.1 Å². The van der Waals surface area contributed by atoms with Gasteiger partial charge in [-0.2, -0.15) is 0 Å². The monoisotopic (exact) mass is 243 g/mol. The molecule has 0 saturated heterocycles. The molecule has 96 valence electrons. The van der Waals surface area contributed by atoms with Crippen molar-refractivity contribution < 1.29 is 0 Å². The number of aromatic nitrogens is 1. The standard InChI is InChI=1S/C15H21N3/c1-12(2)17-10-9-16-11-15-14-6-4-3-5-13(14)7-8-18-15/h3-8,12,16-17H,9-11H2,1-2H3. The predicted octanol–water partition coefficient (Wildman–Crippen LogP) is 2.32. The molecular formula is C15H21N3. The summed E-state index contributed by atoms with van der Waals surface area (Å²) in [6, 6.07) is 11.0. The lowest BCUT2D eigenvalue weighted by Gasteiger charge is -2.10. The van der Waals surface area contributed by atoms with Gasteiger partial charge in [0.2, 0.25) is 0 Å². The van der Waals surface area contributed by atoms with E-state index >= 15 is 0 Å². The van der Waals surface area contributed by atoms with Crippen LogP contribution in [0.4, 0.5) is 0 Å². The first kappa shape index (κ1) is 13.0. The van der Waals surface area contributed by atoms with E-state index in [1.54, 1.807) is 0 Å². The first-order valence-corrected chi connectivity index (χ1v) is 6.54. The molecule has 0 spiro atoms. The fraction of sp³-hybridized carbons (Fsp3) is 0.400. The Hall–Kier alpha value is -1.45. The van der Waals surface area contributed by atoms with Crippen LogP contribution in [0.2, 0.25) is 0 Å². The second kappa shape index (κ2) is 6.47. The zero-order valence-electron chi connectivity index (χ0n) is 11.1. The van der Waals surface area contributed by atoms with Crippen molar-refractivity contribution in [2.75, 3.05) is 13.1 Å². The predicted molar refractivity (Wildman–Crippen MR) is 76.6 cm³/mol. The van der Waals surface area contributed by atoms with Gasteiger partial charge in [-0.15, -0.1) is 0 Å². The van der Waals surface area contributed by atoms with E-state index in [0.29, 0.717) is 6.04 Å². The van der Waals surface area contributed by atoms with Crippen molar-refractivity contribution in [2.45, 2.75) is 26.4 Å². The summed E-state index contributed by atoms with van der Waals surface area (Å²) in [5, 5.41) is 9.30. The van der Waals surface area contributed by atoms with Gasteiger partial charge in [0.15, 0.2) is 0 Å². The normalized spacial score (nSPS) is 11.3. The summed E-state index contributed by atoms with van der Waals surface area (Å²) in [6.07, 6.45) is 1.88. The van der Waals surface area contributed by atoms with Crippen molar-refractivity contribution in [3.8, 4) is 0 Å². The van der Waals surface area contributed by atoms with Crippen LogP contribution in [-0.2, 0) is 6.54 Å². The first-order valence-electron chi connectivity index (χ1n) is 6.54. The zero-order chi connectivity index (χ0) is 12.8. The maximum Gasteiger partial charge on any atom is 0.0619 e. The Morgan fingerprint density at radius 3 is 2.78 bits per heavy atom. The number of nitrogens with one attached hydrogen (secondary N) is 2. The summed E-state index contributed by atoms with van der Waals surface area (Å²) in [5.41, 5.74) is 1.12. The average Bonchev–Trinajstić information content (AvgIpc) is 2.38. The lowest BCUT2D eigenvalue weighted by atomic mass is 10.1. The number of fused-ring (bicyclic) bond motifs is 1. The van der Waals surface area contributed by atoms with Gasteiger partial charge in [0.1, 0.15) is 0 Å². The van der Waals surface area contributed by atoms with Crippen LogP contribution in [0.5, 0.6) is 0 Å². The number of rotatable bonds is 6. The minimum absolute atomic E-state index is 0.544. The summed E-state index contributed by atoms with van der Waals surface area (Å²) < 4.78 is 0. The second-order valence-electron chi connectivity index (χ2n) is 4.76. The lowest BCUT2D eigenvalue weighted by molar-refractivity contribution is 0.554. The highest BCUT2D eigenvalue weighted by Gasteiger charge is 2.00. The molecule has 1 aromatic carbocycles. The van der Waals surface area contributed by atoms with Gasteiger partial charge >= 0.3 is 0 Å².